The van der Waals surface area contributed by atoms with Crippen LogP contribution in [-0.4, -0.2) is 13.1 Å². The minimum absolute atomic E-state index is 0.130. The molecule has 2 aromatic rings. The monoisotopic (exact) mass is 312 g/mol. The Morgan fingerprint density at radius 1 is 0.522 bits per heavy atom. The summed E-state index contributed by atoms with van der Waals surface area (Å²) in [5.41, 5.74) is 28.2. The van der Waals surface area contributed by atoms with Gasteiger partial charge in [-0.3, -0.25) is 0 Å². The first-order valence-corrected chi connectivity index (χ1v) is 8.10. The fourth-order valence-electron chi connectivity index (χ4n) is 2.89. The first-order valence-electron chi connectivity index (χ1n) is 8.10. The largest absolute Gasteiger partial charge is 0.330 e. The lowest BCUT2D eigenvalue weighted by atomic mass is 9.76. The quantitative estimate of drug-likeness (QED) is 0.589. The highest BCUT2D eigenvalue weighted by atomic mass is 14.7. The second kappa shape index (κ2) is 8.22. The van der Waals surface area contributed by atoms with E-state index in [0.717, 1.165) is 24.0 Å². The van der Waals surface area contributed by atoms with Crippen molar-refractivity contribution in [1.29, 1.82) is 0 Å². The molecule has 124 valence electrons. The topological polar surface area (TPSA) is 104 Å². The standard InChI is InChI=1S/C19H28N4/c20-11-17-5-1-15(2-6-17)9-19(13-22,14-23)10-16-3-7-18(12-21)8-4-16/h1-8H,9-14,20-23H2. The molecule has 0 atom stereocenters. The second-order valence-electron chi connectivity index (χ2n) is 6.30. The number of hydrogen-bond donors (Lipinski definition) is 4. The summed E-state index contributed by atoms with van der Waals surface area (Å²) in [6, 6.07) is 16.8. The maximum Gasteiger partial charge on any atom is 0.0178 e. The van der Waals surface area contributed by atoms with E-state index in [1.807, 2.05) is 0 Å². The van der Waals surface area contributed by atoms with Gasteiger partial charge in [0.15, 0.2) is 0 Å². The van der Waals surface area contributed by atoms with Crippen LogP contribution in [0.25, 0.3) is 0 Å². The molecule has 0 aromatic heterocycles. The van der Waals surface area contributed by atoms with Crippen molar-refractivity contribution in [2.45, 2.75) is 25.9 Å². The van der Waals surface area contributed by atoms with Gasteiger partial charge in [-0.25, -0.2) is 0 Å². The minimum atomic E-state index is -0.130. The molecule has 0 aliphatic carbocycles. The Kier molecular flexibility index (Phi) is 6.30. The highest BCUT2D eigenvalue weighted by Crippen LogP contribution is 2.26. The maximum atomic E-state index is 6.11. The lowest BCUT2D eigenvalue weighted by Crippen LogP contribution is -2.41. The molecule has 2 rings (SSSR count). The predicted molar refractivity (Wildman–Crippen MR) is 96.6 cm³/mol. The van der Waals surface area contributed by atoms with Crippen LogP contribution >= 0.6 is 0 Å². The van der Waals surface area contributed by atoms with Crippen molar-refractivity contribution < 1.29 is 0 Å². The van der Waals surface area contributed by atoms with Crippen LogP contribution in [0.2, 0.25) is 0 Å². The second-order valence-corrected chi connectivity index (χ2v) is 6.30. The van der Waals surface area contributed by atoms with Gasteiger partial charge < -0.3 is 22.9 Å². The summed E-state index contributed by atoms with van der Waals surface area (Å²) in [6.45, 7) is 2.24. The van der Waals surface area contributed by atoms with E-state index in [2.05, 4.69) is 48.5 Å². The molecule has 4 nitrogen and oxygen atoms in total. The van der Waals surface area contributed by atoms with Crippen molar-refractivity contribution in [1.82, 2.24) is 0 Å². The molecule has 0 spiro atoms. The van der Waals surface area contributed by atoms with Crippen molar-refractivity contribution >= 4 is 0 Å². The van der Waals surface area contributed by atoms with E-state index >= 15 is 0 Å². The Hall–Kier alpha value is -1.72. The fourth-order valence-corrected chi connectivity index (χ4v) is 2.89. The summed E-state index contributed by atoms with van der Waals surface area (Å²) in [5, 5.41) is 0. The van der Waals surface area contributed by atoms with Crippen LogP contribution in [0, 0.1) is 5.41 Å². The Labute approximate surface area is 138 Å². The van der Waals surface area contributed by atoms with Crippen LogP contribution in [0.3, 0.4) is 0 Å². The molecular formula is C19H28N4. The molecular weight excluding hydrogens is 284 g/mol. The van der Waals surface area contributed by atoms with Crippen molar-refractivity contribution in [2.75, 3.05) is 13.1 Å². The van der Waals surface area contributed by atoms with Crippen LogP contribution in [0.1, 0.15) is 22.3 Å². The summed E-state index contributed by atoms with van der Waals surface area (Å²) in [7, 11) is 0. The molecule has 0 bridgehead atoms. The first kappa shape index (κ1) is 17.6. The van der Waals surface area contributed by atoms with Crippen molar-refractivity contribution in [2.24, 2.45) is 28.3 Å². The van der Waals surface area contributed by atoms with Crippen LogP contribution < -0.4 is 22.9 Å². The summed E-state index contributed by atoms with van der Waals surface area (Å²) in [6.07, 6.45) is 1.73. The van der Waals surface area contributed by atoms with Gasteiger partial charge in [0.25, 0.3) is 0 Å². The smallest absolute Gasteiger partial charge is 0.0178 e. The molecule has 0 fully saturated rings. The highest BCUT2D eigenvalue weighted by Gasteiger charge is 2.27. The molecule has 23 heavy (non-hydrogen) atoms. The summed E-state index contributed by atoms with van der Waals surface area (Å²) < 4.78 is 0. The number of nitrogens with two attached hydrogens (primary N) is 4. The molecule has 0 aliphatic rings. The summed E-state index contributed by atoms with van der Waals surface area (Å²) in [5.74, 6) is 0. The lowest BCUT2D eigenvalue weighted by Gasteiger charge is -2.32. The van der Waals surface area contributed by atoms with E-state index in [0.29, 0.717) is 26.2 Å². The van der Waals surface area contributed by atoms with Gasteiger partial charge in [0.1, 0.15) is 0 Å². The molecule has 0 saturated heterocycles. The number of hydrogen-bond acceptors (Lipinski definition) is 4. The average molecular weight is 312 g/mol. The van der Waals surface area contributed by atoms with E-state index in [9.17, 15) is 0 Å². The zero-order valence-electron chi connectivity index (χ0n) is 13.7. The fraction of sp³-hybridized carbons (Fsp3) is 0.368. The summed E-state index contributed by atoms with van der Waals surface area (Å²) in [4.78, 5) is 0. The third-order valence-corrected chi connectivity index (χ3v) is 4.54. The predicted octanol–water partition coefficient (Wildman–Crippen LogP) is 1.29. The van der Waals surface area contributed by atoms with Crippen LogP contribution in [0.15, 0.2) is 48.5 Å². The number of benzene rings is 2. The normalized spacial score (nSPS) is 11.7. The zero-order chi connectivity index (χ0) is 16.7. The molecule has 0 saturated carbocycles. The van der Waals surface area contributed by atoms with E-state index in [4.69, 9.17) is 22.9 Å². The van der Waals surface area contributed by atoms with Gasteiger partial charge >= 0.3 is 0 Å². The molecule has 4 heteroatoms. The van der Waals surface area contributed by atoms with Crippen LogP contribution in [0.4, 0.5) is 0 Å². The van der Waals surface area contributed by atoms with Gasteiger partial charge in [0, 0.05) is 18.5 Å². The average Bonchev–Trinajstić information content (AvgIpc) is 2.62. The SMILES string of the molecule is NCc1ccc(CC(CN)(CN)Cc2ccc(CN)cc2)cc1. The third kappa shape index (κ3) is 4.62. The Balaban J connectivity index is 2.16. The van der Waals surface area contributed by atoms with E-state index in [-0.39, 0.29) is 5.41 Å². The third-order valence-electron chi connectivity index (χ3n) is 4.54. The van der Waals surface area contributed by atoms with Gasteiger partial charge in [0.2, 0.25) is 0 Å². The molecule has 2 aromatic carbocycles. The van der Waals surface area contributed by atoms with Crippen molar-refractivity contribution in [3.63, 3.8) is 0 Å². The van der Waals surface area contributed by atoms with Gasteiger partial charge in [-0.15, -0.1) is 0 Å². The maximum absolute atomic E-state index is 6.11. The van der Waals surface area contributed by atoms with Gasteiger partial charge in [0.05, 0.1) is 0 Å². The Morgan fingerprint density at radius 3 is 1.09 bits per heavy atom. The van der Waals surface area contributed by atoms with E-state index in [1.165, 1.54) is 11.1 Å². The van der Waals surface area contributed by atoms with Crippen LogP contribution in [-0.2, 0) is 25.9 Å². The van der Waals surface area contributed by atoms with Gasteiger partial charge in [-0.05, 0) is 48.2 Å². The van der Waals surface area contributed by atoms with E-state index < -0.39 is 0 Å². The lowest BCUT2D eigenvalue weighted by molar-refractivity contribution is 0.304. The molecule has 0 aliphatic heterocycles. The van der Waals surface area contributed by atoms with Crippen molar-refractivity contribution in [3.05, 3.63) is 70.8 Å². The van der Waals surface area contributed by atoms with Gasteiger partial charge in [-0.2, -0.15) is 0 Å². The van der Waals surface area contributed by atoms with Crippen LogP contribution in [0.5, 0.6) is 0 Å². The minimum Gasteiger partial charge on any atom is -0.330 e. The molecule has 0 unspecified atom stereocenters. The number of rotatable bonds is 8. The molecule has 0 heterocycles. The highest BCUT2D eigenvalue weighted by molar-refractivity contribution is 5.26. The summed E-state index contributed by atoms with van der Waals surface area (Å²) >= 11 is 0. The van der Waals surface area contributed by atoms with Gasteiger partial charge in [-0.1, -0.05) is 48.5 Å². The Bertz CT molecular complexity index is 534. The molecule has 0 radical (unpaired) electrons. The Morgan fingerprint density at radius 2 is 0.826 bits per heavy atom. The zero-order valence-corrected chi connectivity index (χ0v) is 13.7. The van der Waals surface area contributed by atoms with Crippen molar-refractivity contribution in [3.8, 4) is 0 Å². The molecule has 8 N–H and O–H groups in total. The van der Waals surface area contributed by atoms with E-state index in [1.54, 1.807) is 0 Å². The molecule has 0 amide bonds. The first-order chi connectivity index (χ1) is 11.1.